The Morgan fingerprint density at radius 3 is 2.35 bits per heavy atom. The van der Waals surface area contributed by atoms with Crippen molar-refractivity contribution in [2.75, 3.05) is 19.6 Å². The molecule has 2 rings (SSSR count). The average Bonchev–Trinajstić information content (AvgIpc) is 2.61. The van der Waals surface area contributed by atoms with Crippen LogP contribution in [0.1, 0.15) is 46.5 Å². The van der Waals surface area contributed by atoms with E-state index >= 15 is 0 Å². The van der Waals surface area contributed by atoms with Crippen LogP contribution in [-0.2, 0) is 0 Å². The molecule has 2 heteroatoms. The molecule has 5 atom stereocenters. The van der Waals surface area contributed by atoms with Crippen LogP contribution in [-0.4, -0.2) is 30.6 Å². The van der Waals surface area contributed by atoms with E-state index < -0.39 is 0 Å². The molecule has 1 aliphatic heterocycles. The van der Waals surface area contributed by atoms with Crippen molar-refractivity contribution >= 4 is 0 Å². The van der Waals surface area contributed by atoms with Gasteiger partial charge >= 0.3 is 0 Å². The smallest absolute Gasteiger partial charge is 0.00795 e. The number of nitrogens with two attached hydrogens (primary N) is 1. The Kier molecular flexibility index (Phi) is 4.48. The summed E-state index contributed by atoms with van der Waals surface area (Å²) < 4.78 is 0. The van der Waals surface area contributed by atoms with Crippen molar-refractivity contribution in [2.45, 2.75) is 52.5 Å². The van der Waals surface area contributed by atoms with E-state index in [-0.39, 0.29) is 0 Å². The van der Waals surface area contributed by atoms with E-state index in [0.717, 1.165) is 23.7 Å². The van der Waals surface area contributed by atoms with E-state index in [0.29, 0.717) is 6.04 Å². The number of hydrogen-bond donors (Lipinski definition) is 1. The summed E-state index contributed by atoms with van der Waals surface area (Å²) in [5.74, 6) is 3.44. The summed E-state index contributed by atoms with van der Waals surface area (Å²) in [4.78, 5) is 2.66. The van der Waals surface area contributed by atoms with Gasteiger partial charge in [-0.25, -0.2) is 0 Å². The maximum Gasteiger partial charge on any atom is 0.00795 e. The van der Waals surface area contributed by atoms with Gasteiger partial charge in [0, 0.05) is 25.7 Å². The lowest BCUT2D eigenvalue weighted by molar-refractivity contribution is 0.168. The fourth-order valence-electron chi connectivity index (χ4n) is 3.70. The number of nitrogens with zero attached hydrogens (tertiary/aromatic N) is 1. The first-order valence-corrected chi connectivity index (χ1v) is 7.58. The third kappa shape index (κ3) is 3.23. The van der Waals surface area contributed by atoms with Crippen LogP contribution in [0.3, 0.4) is 0 Å². The zero-order valence-corrected chi connectivity index (χ0v) is 11.9. The van der Waals surface area contributed by atoms with Crippen LogP contribution in [0.5, 0.6) is 0 Å². The quantitative estimate of drug-likeness (QED) is 0.819. The third-order valence-corrected chi connectivity index (χ3v) is 5.28. The van der Waals surface area contributed by atoms with E-state index in [2.05, 4.69) is 25.7 Å². The molecule has 2 fully saturated rings. The average molecular weight is 238 g/mol. The van der Waals surface area contributed by atoms with Gasteiger partial charge in [-0.05, 0) is 42.9 Å². The second kappa shape index (κ2) is 5.71. The lowest BCUT2D eigenvalue weighted by Crippen LogP contribution is -2.42. The first kappa shape index (κ1) is 13.4. The summed E-state index contributed by atoms with van der Waals surface area (Å²) in [5, 5.41) is 0. The van der Waals surface area contributed by atoms with Crippen LogP contribution < -0.4 is 5.73 Å². The van der Waals surface area contributed by atoms with Crippen molar-refractivity contribution in [3.63, 3.8) is 0 Å². The molecule has 0 spiro atoms. The molecule has 2 aliphatic rings. The van der Waals surface area contributed by atoms with Gasteiger partial charge in [0.05, 0.1) is 0 Å². The van der Waals surface area contributed by atoms with E-state index in [1.807, 2.05) is 0 Å². The molecule has 0 radical (unpaired) electrons. The summed E-state index contributed by atoms with van der Waals surface area (Å²) in [7, 11) is 0. The van der Waals surface area contributed by atoms with Gasteiger partial charge in [-0.1, -0.05) is 27.2 Å². The topological polar surface area (TPSA) is 29.3 Å². The van der Waals surface area contributed by atoms with Gasteiger partial charge in [-0.2, -0.15) is 0 Å². The summed E-state index contributed by atoms with van der Waals surface area (Å²) in [6.07, 6.45) is 5.33. The molecule has 0 bridgehead atoms. The molecular formula is C15H30N2. The maximum atomic E-state index is 6.32. The highest BCUT2D eigenvalue weighted by Crippen LogP contribution is 2.32. The minimum atomic E-state index is 0.462. The van der Waals surface area contributed by atoms with Gasteiger partial charge in [0.1, 0.15) is 0 Å². The van der Waals surface area contributed by atoms with Crippen LogP contribution >= 0.6 is 0 Å². The van der Waals surface area contributed by atoms with E-state index in [9.17, 15) is 0 Å². The lowest BCUT2D eigenvalue weighted by atomic mass is 9.77. The molecule has 17 heavy (non-hydrogen) atoms. The molecular weight excluding hydrogens is 208 g/mol. The SMILES string of the molecule is CCC1CCC(N)C(CN2CC(C)C(C)C2)C1. The normalized spacial score (nSPS) is 44.1. The molecule has 2 N–H and O–H groups in total. The van der Waals surface area contributed by atoms with Crippen molar-refractivity contribution in [2.24, 2.45) is 29.4 Å². The highest BCUT2D eigenvalue weighted by Gasteiger charge is 2.32. The highest BCUT2D eigenvalue weighted by molar-refractivity contribution is 4.87. The maximum absolute atomic E-state index is 6.32. The van der Waals surface area contributed by atoms with Gasteiger partial charge in [0.25, 0.3) is 0 Å². The standard InChI is InChI=1S/C15H30N2/c1-4-13-5-6-15(16)14(7-13)10-17-8-11(2)12(3)9-17/h11-15H,4-10,16H2,1-3H3. The first-order chi connectivity index (χ1) is 8.10. The Labute approximate surface area is 107 Å². The number of rotatable bonds is 3. The Morgan fingerprint density at radius 1 is 1.12 bits per heavy atom. The Balaban J connectivity index is 1.85. The molecule has 1 saturated carbocycles. The molecule has 5 unspecified atom stereocenters. The molecule has 1 heterocycles. The minimum Gasteiger partial charge on any atom is -0.327 e. The summed E-state index contributed by atoms with van der Waals surface area (Å²) >= 11 is 0. The molecule has 0 aromatic carbocycles. The molecule has 2 nitrogen and oxygen atoms in total. The van der Waals surface area contributed by atoms with Crippen molar-refractivity contribution in [3.05, 3.63) is 0 Å². The molecule has 0 aromatic rings. The van der Waals surface area contributed by atoms with E-state index in [1.54, 1.807) is 0 Å². The van der Waals surface area contributed by atoms with Crippen LogP contribution in [0, 0.1) is 23.7 Å². The van der Waals surface area contributed by atoms with Crippen LogP contribution in [0.25, 0.3) is 0 Å². The van der Waals surface area contributed by atoms with Crippen LogP contribution in [0.2, 0.25) is 0 Å². The van der Waals surface area contributed by atoms with Crippen LogP contribution in [0.15, 0.2) is 0 Å². The van der Waals surface area contributed by atoms with Gasteiger partial charge in [0.2, 0.25) is 0 Å². The molecule has 100 valence electrons. The zero-order chi connectivity index (χ0) is 12.4. The molecule has 1 saturated heterocycles. The second-order valence-electron chi connectivity index (χ2n) is 6.68. The molecule has 0 amide bonds. The fraction of sp³-hybridized carbons (Fsp3) is 1.00. The number of hydrogen-bond acceptors (Lipinski definition) is 2. The molecule has 0 aromatic heterocycles. The van der Waals surface area contributed by atoms with E-state index in [1.165, 1.54) is 45.3 Å². The van der Waals surface area contributed by atoms with Crippen molar-refractivity contribution in [1.82, 2.24) is 4.90 Å². The predicted molar refractivity (Wildman–Crippen MR) is 73.9 cm³/mol. The van der Waals surface area contributed by atoms with E-state index in [4.69, 9.17) is 5.73 Å². The van der Waals surface area contributed by atoms with Gasteiger partial charge in [0.15, 0.2) is 0 Å². The van der Waals surface area contributed by atoms with Crippen molar-refractivity contribution < 1.29 is 0 Å². The van der Waals surface area contributed by atoms with Crippen molar-refractivity contribution in [3.8, 4) is 0 Å². The Bertz CT molecular complexity index is 231. The Morgan fingerprint density at radius 2 is 1.76 bits per heavy atom. The second-order valence-corrected chi connectivity index (χ2v) is 6.68. The zero-order valence-electron chi connectivity index (χ0n) is 11.9. The largest absolute Gasteiger partial charge is 0.327 e. The predicted octanol–water partition coefficient (Wildman–Crippen LogP) is 2.73. The summed E-state index contributed by atoms with van der Waals surface area (Å²) in [6.45, 7) is 11.0. The van der Waals surface area contributed by atoms with Gasteiger partial charge < -0.3 is 10.6 Å². The lowest BCUT2D eigenvalue weighted by Gasteiger charge is -2.36. The summed E-state index contributed by atoms with van der Waals surface area (Å²) in [6, 6.07) is 0.462. The number of likely N-dealkylation sites (tertiary alicyclic amines) is 1. The van der Waals surface area contributed by atoms with Crippen LogP contribution in [0.4, 0.5) is 0 Å². The van der Waals surface area contributed by atoms with Gasteiger partial charge in [-0.3, -0.25) is 0 Å². The fourth-order valence-corrected chi connectivity index (χ4v) is 3.70. The highest BCUT2D eigenvalue weighted by atomic mass is 15.2. The Hall–Kier alpha value is -0.0800. The minimum absolute atomic E-state index is 0.462. The molecule has 1 aliphatic carbocycles. The van der Waals surface area contributed by atoms with Crippen molar-refractivity contribution in [1.29, 1.82) is 0 Å². The monoisotopic (exact) mass is 238 g/mol. The third-order valence-electron chi connectivity index (χ3n) is 5.28. The first-order valence-electron chi connectivity index (χ1n) is 7.58. The summed E-state index contributed by atoms with van der Waals surface area (Å²) in [5.41, 5.74) is 6.32. The van der Waals surface area contributed by atoms with Gasteiger partial charge in [-0.15, -0.1) is 0 Å².